The van der Waals surface area contributed by atoms with Gasteiger partial charge in [-0.3, -0.25) is 4.79 Å². The zero-order valence-electron chi connectivity index (χ0n) is 11.7. The number of benzene rings is 1. The number of carbonyl (C=O) groups excluding carboxylic acids is 1. The Balaban J connectivity index is 2.08. The molecule has 2 heterocycles. The molecule has 0 unspecified atom stereocenters. The number of pyridine rings is 1. The van der Waals surface area contributed by atoms with Crippen molar-refractivity contribution in [3.05, 3.63) is 40.2 Å². The summed E-state index contributed by atoms with van der Waals surface area (Å²) < 4.78 is 9.95. The lowest BCUT2D eigenvalue weighted by molar-refractivity contribution is 0.0599. The molecule has 1 aromatic carbocycles. The number of ether oxygens (including phenoxy) is 2. The van der Waals surface area contributed by atoms with E-state index in [-0.39, 0.29) is 11.0 Å². The zero-order chi connectivity index (χ0) is 14.8. The number of hydrogen-bond donors (Lipinski definition) is 1. The normalized spacial score (nSPS) is 15.2. The van der Waals surface area contributed by atoms with Gasteiger partial charge in [-0.15, -0.1) is 0 Å². The minimum Gasteiger partial charge on any atom is -0.465 e. The molecule has 110 valence electrons. The molecule has 0 radical (unpaired) electrons. The first-order valence-electron chi connectivity index (χ1n) is 6.77. The monoisotopic (exact) mass is 288 g/mol. The molecule has 3 rings (SSSR count). The van der Waals surface area contributed by atoms with Gasteiger partial charge >= 0.3 is 5.97 Å². The average Bonchev–Trinajstić information content (AvgIpc) is 2.55. The van der Waals surface area contributed by atoms with E-state index < -0.39 is 5.97 Å². The fraction of sp³-hybridized carbons (Fsp3) is 0.333. The Morgan fingerprint density at radius 2 is 2.10 bits per heavy atom. The maximum Gasteiger partial charge on any atom is 0.343 e. The van der Waals surface area contributed by atoms with Crippen LogP contribution in [0.15, 0.2) is 29.2 Å². The van der Waals surface area contributed by atoms with Gasteiger partial charge in [-0.1, -0.05) is 0 Å². The summed E-state index contributed by atoms with van der Waals surface area (Å²) in [5, 5.41) is 0.488. The van der Waals surface area contributed by atoms with Crippen LogP contribution in [0.25, 0.3) is 10.9 Å². The molecule has 1 fully saturated rings. The molecule has 0 atom stereocenters. The summed E-state index contributed by atoms with van der Waals surface area (Å²) in [5.74, 6) is -0.630. The predicted octanol–water partition coefficient (Wildman–Crippen LogP) is 1.15. The second-order valence-electron chi connectivity index (χ2n) is 4.85. The van der Waals surface area contributed by atoms with Crippen LogP contribution < -0.4 is 10.3 Å². The molecule has 6 nitrogen and oxygen atoms in total. The van der Waals surface area contributed by atoms with Gasteiger partial charge in [0, 0.05) is 35.9 Å². The molecule has 1 aliphatic rings. The molecular formula is C15H16N2O4. The molecule has 0 amide bonds. The number of nitrogens with one attached hydrogen (secondary N) is 1. The van der Waals surface area contributed by atoms with Gasteiger partial charge in [0.05, 0.1) is 20.3 Å². The average molecular weight is 288 g/mol. The highest BCUT2D eigenvalue weighted by Gasteiger charge is 2.16. The van der Waals surface area contributed by atoms with Gasteiger partial charge in [-0.2, -0.15) is 0 Å². The van der Waals surface area contributed by atoms with E-state index >= 15 is 0 Å². The lowest BCUT2D eigenvalue weighted by Gasteiger charge is -2.29. The van der Waals surface area contributed by atoms with Crippen molar-refractivity contribution in [2.24, 2.45) is 0 Å². The number of H-pyrrole nitrogens is 1. The molecule has 1 N–H and O–H groups in total. The van der Waals surface area contributed by atoms with Crippen LogP contribution in [0.3, 0.4) is 0 Å². The Kier molecular flexibility index (Phi) is 3.62. The van der Waals surface area contributed by atoms with Crippen molar-refractivity contribution >= 4 is 22.6 Å². The maximum atomic E-state index is 12.4. The van der Waals surface area contributed by atoms with Crippen molar-refractivity contribution in [2.45, 2.75) is 0 Å². The number of aromatic amines is 1. The third-order valence-electron chi connectivity index (χ3n) is 3.65. The lowest BCUT2D eigenvalue weighted by atomic mass is 10.1. The number of rotatable bonds is 2. The van der Waals surface area contributed by atoms with Crippen molar-refractivity contribution in [1.29, 1.82) is 0 Å². The topological polar surface area (TPSA) is 71.6 Å². The molecule has 0 aliphatic carbocycles. The second kappa shape index (κ2) is 5.57. The number of methoxy groups -OCH3 is 1. The van der Waals surface area contributed by atoms with Gasteiger partial charge in [0.2, 0.25) is 5.43 Å². The number of hydrogen-bond acceptors (Lipinski definition) is 5. The predicted molar refractivity (Wildman–Crippen MR) is 78.9 cm³/mol. The molecule has 21 heavy (non-hydrogen) atoms. The van der Waals surface area contributed by atoms with E-state index in [1.165, 1.54) is 13.3 Å². The number of aromatic nitrogens is 1. The third kappa shape index (κ3) is 2.50. The first-order valence-corrected chi connectivity index (χ1v) is 6.77. The maximum absolute atomic E-state index is 12.4. The largest absolute Gasteiger partial charge is 0.465 e. The second-order valence-corrected chi connectivity index (χ2v) is 4.85. The Morgan fingerprint density at radius 1 is 1.33 bits per heavy atom. The van der Waals surface area contributed by atoms with Crippen molar-refractivity contribution in [3.8, 4) is 0 Å². The van der Waals surface area contributed by atoms with Gasteiger partial charge in [0.1, 0.15) is 5.56 Å². The number of morpholine rings is 1. The van der Waals surface area contributed by atoms with Crippen molar-refractivity contribution in [2.75, 3.05) is 38.3 Å². The van der Waals surface area contributed by atoms with E-state index in [0.29, 0.717) is 24.1 Å². The zero-order valence-corrected chi connectivity index (χ0v) is 11.7. The number of nitrogens with zero attached hydrogens (tertiary/aromatic N) is 1. The van der Waals surface area contributed by atoms with E-state index in [0.717, 1.165) is 18.8 Å². The minimum absolute atomic E-state index is 0.0177. The number of carbonyl (C=O) groups is 1. The quantitative estimate of drug-likeness (QED) is 0.839. The third-order valence-corrected chi connectivity index (χ3v) is 3.65. The molecule has 1 aliphatic heterocycles. The van der Waals surface area contributed by atoms with Crippen LogP contribution in [-0.4, -0.2) is 44.4 Å². The van der Waals surface area contributed by atoms with E-state index in [4.69, 9.17) is 4.74 Å². The smallest absolute Gasteiger partial charge is 0.343 e. The van der Waals surface area contributed by atoms with E-state index in [1.54, 1.807) is 0 Å². The summed E-state index contributed by atoms with van der Waals surface area (Å²) in [7, 11) is 1.26. The SMILES string of the molecule is COC(=O)c1c[nH]c2ccc(N3CCOCC3)cc2c1=O. The minimum atomic E-state index is -0.630. The highest BCUT2D eigenvalue weighted by Crippen LogP contribution is 2.20. The van der Waals surface area contributed by atoms with Crippen molar-refractivity contribution < 1.29 is 14.3 Å². The van der Waals surface area contributed by atoms with Crippen molar-refractivity contribution in [1.82, 2.24) is 4.98 Å². The summed E-state index contributed by atoms with van der Waals surface area (Å²) >= 11 is 0. The van der Waals surface area contributed by atoms with Gasteiger partial charge < -0.3 is 19.4 Å². The first-order chi connectivity index (χ1) is 10.2. The van der Waals surface area contributed by atoms with E-state index in [2.05, 4.69) is 14.6 Å². The van der Waals surface area contributed by atoms with Crippen LogP contribution in [0.4, 0.5) is 5.69 Å². The van der Waals surface area contributed by atoms with Crippen LogP contribution in [0.5, 0.6) is 0 Å². The highest BCUT2D eigenvalue weighted by molar-refractivity contribution is 5.94. The van der Waals surface area contributed by atoms with Crippen LogP contribution >= 0.6 is 0 Å². The Hall–Kier alpha value is -2.34. The van der Waals surface area contributed by atoms with Gasteiger partial charge in [0.25, 0.3) is 0 Å². The van der Waals surface area contributed by atoms with Crippen molar-refractivity contribution in [3.63, 3.8) is 0 Å². The fourth-order valence-electron chi connectivity index (χ4n) is 2.49. The number of anilines is 1. The summed E-state index contributed by atoms with van der Waals surface area (Å²) in [6.45, 7) is 2.94. The van der Waals surface area contributed by atoms with Gasteiger partial charge in [-0.25, -0.2) is 4.79 Å². The molecule has 0 saturated carbocycles. The first kappa shape index (κ1) is 13.6. The highest BCUT2D eigenvalue weighted by atomic mass is 16.5. The van der Waals surface area contributed by atoms with E-state index in [9.17, 15) is 9.59 Å². The molecular weight excluding hydrogens is 272 g/mol. The van der Waals surface area contributed by atoms with Gasteiger partial charge in [0.15, 0.2) is 0 Å². The van der Waals surface area contributed by atoms with E-state index in [1.807, 2.05) is 18.2 Å². The molecule has 1 aromatic heterocycles. The van der Waals surface area contributed by atoms with Crippen LogP contribution in [-0.2, 0) is 9.47 Å². The summed E-state index contributed by atoms with van der Waals surface area (Å²) in [5.41, 5.74) is 1.36. The summed E-state index contributed by atoms with van der Waals surface area (Å²) in [6, 6.07) is 5.62. The Morgan fingerprint density at radius 3 is 2.81 bits per heavy atom. The molecule has 0 spiro atoms. The summed E-state index contributed by atoms with van der Waals surface area (Å²) in [6.07, 6.45) is 1.39. The van der Waals surface area contributed by atoms with Crippen LogP contribution in [0.2, 0.25) is 0 Å². The summed E-state index contributed by atoms with van der Waals surface area (Å²) in [4.78, 5) is 29.1. The number of fused-ring (bicyclic) bond motifs is 1. The molecule has 6 heteroatoms. The fourth-order valence-corrected chi connectivity index (χ4v) is 2.49. The standard InChI is InChI=1S/C15H16N2O4/c1-20-15(19)12-9-16-13-3-2-10(8-11(13)14(12)18)17-4-6-21-7-5-17/h2-3,8-9H,4-7H2,1H3,(H,16,18). The van der Waals surface area contributed by atoms with Crippen LogP contribution in [0.1, 0.15) is 10.4 Å². The Labute approximate surface area is 121 Å². The number of esters is 1. The molecule has 2 aromatic rings. The molecule has 0 bridgehead atoms. The van der Waals surface area contributed by atoms with Crippen LogP contribution in [0, 0.1) is 0 Å². The Bertz CT molecular complexity index is 732. The molecule has 1 saturated heterocycles. The lowest BCUT2D eigenvalue weighted by Crippen LogP contribution is -2.36. The van der Waals surface area contributed by atoms with Gasteiger partial charge in [-0.05, 0) is 18.2 Å².